The number of esters is 1. The number of aryl methyl sites for hydroxylation is 1. The second kappa shape index (κ2) is 9.86. The average Bonchev–Trinajstić information content (AvgIpc) is 3.60. The highest BCUT2D eigenvalue weighted by molar-refractivity contribution is 7.89. The van der Waals surface area contributed by atoms with Crippen LogP contribution in [0.5, 0.6) is 0 Å². The topological polar surface area (TPSA) is 102 Å². The predicted molar refractivity (Wildman–Crippen MR) is 112 cm³/mol. The van der Waals surface area contributed by atoms with Gasteiger partial charge in [0.1, 0.15) is 0 Å². The van der Waals surface area contributed by atoms with E-state index in [1.54, 1.807) is 12.1 Å². The fraction of sp³-hybridized carbons (Fsp3) is 0.364. The van der Waals surface area contributed by atoms with Gasteiger partial charge in [0.2, 0.25) is 10.0 Å². The van der Waals surface area contributed by atoms with E-state index in [-0.39, 0.29) is 29.9 Å². The zero-order valence-corrected chi connectivity index (χ0v) is 17.7. The molecule has 2 aromatic carbocycles. The van der Waals surface area contributed by atoms with Gasteiger partial charge in [-0.2, -0.15) is 0 Å². The van der Waals surface area contributed by atoms with Gasteiger partial charge in [-0.05, 0) is 55.5 Å². The summed E-state index contributed by atoms with van der Waals surface area (Å²) >= 11 is 0. The van der Waals surface area contributed by atoms with Gasteiger partial charge in [-0.25, -0.2) is 13.1 Å². The van der Waals surface area contributed by atoms with Crippen LogP contribution in [0.25, 0.3) is 0 Å². The molecule has 0 bridgehead atoms. The minimum Gasteiger partial charge on any atom is -0.456 e. The lowest BCUT2D eigenvalue weighted by molar-refractivity contribution is -0.148. The Morgan fingerprint density at radius 1 is 1.07 bits per heavy atom. The Balaban J connectivity index is 1.43. The number of rotatable bonds is 10. The molecule has 0 spiro atoms. The van der Waals surface area contributed by atoms with Crippen LogP contribution in [0, 0.1) is 5.92 Å². The van der Waals surface area contributed by atoms with Gasteiger partial charge in [-0.15, -0.1) is 0 Å². The van der Waals surface area contributed by atoms with Crippen molar-refractivity contribution in [2.75, 3.05) is 13.7 Å². The Labute approximate surface area is 176 Å². The number of hydrogen-bond acceptors (Lipinski definition) is 5. The van der Waals surface area contributed by atoms with E-state index in [1.807, 2.05) is 30.3 Å². The Kier molecular flexibility index (Phi) is 7.23. The van der Waals surface area contributed by atoms with Crippen molar-refractivity contribution in [3.8, 4) is 0 Å². The third-order valence-corrected chi connectivity index (χ3v) is 6.48. The molecule has 3 rings (SSSR count). The second-order valence-electron chi connectivity index (χ2n) is 7.31. The first-order chi connectivity index (χ1) is 14.4. The van der Waals surface area contributed by atoms with Crippen LogP contribution in [0.4, 0.5) is 0 Å². The van der Waals surface area contributed by atoms with Crippen LogP contribution < -0.4 is 10.0 Å². The van der Waals surface area contributed by atoms with Crippen molar-refractivity contribution in [2.45, 2.75) is 36.6 Å². The largest absolute Gasteiger partial charge is 0.456 e. The van der Waals surface area contributed by atoms with Crippen molar-refractivity contribution in [1.82, 2.24) is 10.0 Å². The molecular formula is C22H26N2O5S. The molecule has 2 aromatic rings. The van der Waals surface area contributed by atoms with Gasteiger partial charge in [-0.3, -0.25) is 9.59 Å². The molecule has 1 saturated carbocycles. The number of hydrogen-bond donors (Lipinski definition) is 2. The smallest absolute Gasteiger partial charge is 0.306 e. The predicted octanol–water partition coefficient (Wildman–Crippen LogP) is 2.34. The van der Waals surface area contributed by atoms with Crippen molar-refractivity contribution < 1.29 is 22.7 Å². The van der Waals surface area contributed by atoms with Gasteiger partial charge in [0.05, 0.1) is 10.9 Å². The molecule has 0 saturated heterocycles. The van der Waals surface area contributed by atoms with Gasteiger partial charge in [0, 0.05) is 6.42 Å². The highest BCUT2D eigenvalue weighted by Gasteiger charge is 2.33. The molecule has 1 aliphatic carbocycles. The van der Waals surface area contributed by atoms with E-state index in [4.69, 9.17) is 4.74 Å². The van der Waals surface area contributed by atoms with Crippen LogP contribution in [0.15, 0.2) is 59.5 Å². The SMILES string of the molecule is CNS(=O)(=O)c1ccc(CCC(=O)OCC(=O)NC(c2ccccc2)C2CC2)cc1. The molecule has 1 aliphatic rings. The number of amides is 1. The molecule has 1 fully saturated rings. The first kappa shape index (κ1) is 22.0. The molecule has 1 unspecified atom stereocenters. The summed E-state index contributed by atoms with van der Waals surface area (Å²) in [6.07, 6.45) is 2.66. The summed E-state index contributed by atoms with van der Waals surface area (Å²) in [6, 6.07) is 16.0. The van der Waals surface area contributed by atoms with E-state index in [2.05, 4.69) is 10.0 Å². The van der Waals surface area contributed by atoms with E-state index in [0.717, 1.165) is 24.0 Å². The van der Waals surface area contributed by atoms with Crippen LogP contribution in [0.1, 0.15) is 36.4 Å². The maximum atomic E-state index is 12.2. The number of nitrogens with one attached hydrogen (secondary N) is 2. The standard InChI is InChI=1S/C22H26N2O5S/c1-23-30(27,28)19-12-7-16(8-13-19)9-14-21(26)29-15-20(25)24-22(18-10-11-18)17-5-3-2-4-6-17/h2-8,12-13,18,22-23H,9-11,14-15H2,1H3,(H,24,25). The summed E-state index contributed by atoms with van der Waals surface area (Å²) in [5, 5.41) is 2.97. The molecule has 2 N–H and O–H groups in total. The molecule has 0 aliphatic heterocycles. The highest BCUT2D eigenvalue weighted by Crippen LogP contribution is 2.40. The van der Waals surface area contributed by atoms with Crippen LogP contribution in [-0.4, -0.2) is 33.9 Å². The van der Waals surface area contributed by atoms with Crippen LogP contribution in [-0.2, 0) is 30.8 Å². The molecule has 7 nitrogen and oxygen atoms in total. The molecule has 0 heterocycles. The Bertz CT molecular complexity index is 970. The Hall–Kier alpha value is -2.71. The van der Waals surface area contributed by atoms with E-state index in [0.29, 0.717) is 12.3 Å². The van der Waals surface area contributed by atoms with Gasteiger partial charge in [0.15, 0.2) is 6.61 Å². The van der Waals surface area contributed by atoms with Crippen molar-refractivity contribution in [3.05, 3.63) is 65.7 Å². The maximum Gasteiger partial charge on any atom is 0.306 e. The molecule has 30 heavy (non-hydrogen) atoms. The van der Waals surface area contributed by atoms with Crippen molar-refractivity contribution in [3.63, 3.8) is 0 Å². The normalized spacial score (nSPS) is 14.7. The number of benzene rings is 2. The van der Waals surface area contributed by atoms with E-state index >= 15 is 0 Å². The van der Waals surface area contributed by atoms with Crippen LogP contribution in [0.2, 0.25) is 0 Å². The summed E-state index contributed by atoms with van der Waals surface area (Å²) in [5.74, 6) is -0.354. The minimum absolute atomic E-state index is 0.0511. The van der Waals surface area contributed by atoms with E-state index < -0.39 is 16.0 Å². The number of carbonyl (C=O) groups excluding carboxylic acids is 2. The average molecular weight is 431 g/mol. The monoisotopic (exact) mass is 430 g/mol. The van der Waals surface area contributed by atoms with Crippen molar-refractivity contribution >= 4 is 21.9 Å². The fourth-order valence-electron chi connectivity index (χ4n) is 3.20. The van der Waals surface area contributed by atoms with E-state index in [1.165, 1.54) is 19.2 Å². The zero-order valence-electron chi connectivity index (χ0n) is 16.8. The zero-order chi connectivity index (χ0) is 21.6. The summed E-state index contributed by atoms with van der Waals surface area (Å²) in [7, 11) is -2.13. The molecule has 8 heteroatoms. The number of carbonyl (C=O) groups is 2. The van der Waals surface area contributed by atoms with Crippen molar-refractivity contribution in [2.24, 2.45) is 5.92 Å². The first-order valence-corrected chi connectivity index (χ1v) is 11.4. The van der Waals surface area contributed by atoms with Gasteiger partial charge >= 0.3 is 5.97 Å². The Morgan fingerprint density at radius 2 is 1.73 bits per heavy atom. The van der Waals surface area contributed by atoms with E-state index in [9.17, 15) is 18.0 Å². The lowest BCUT2D eigenvalue weighted by atomic mass is 10.0. The minimum atomic E-state index is -3.48. The molecule has 1 amide bonds. The lowest BCUT2D eigenvalue weighted by Crippen LogP contribution is -2.33. The maximum absolute atomic E-state index is 12.2. The highest BCUT2D eigenvalue weighted by atomic mass is 32.2. The van der Waals surface area contributed by atoms with Crippen LogP contribution >= 0.6 is 0 Å². The molecule has 1 atom stereocenters. The van der Waals surface area contributed by atoms with Gasteiger partial charge < -0.3 is 10.1 Å². The third-order valence-electron chi connectivity index (χ3n) is 5.05. The number of ether oxygens (including phenoxy) is 1. The van der Waals surface area contributed by atoms with Crippen molar-refractivity contribution in [1.29, 1.82) is 0 Å². The van der Waals surface area contributed by atoms with Crippen LogP contribution in [0.3, 0.4) is 0 Å². The summed E-state index contributed by atoms with van der Waals surface area (Å²) in [6.45, 7) is -0.311. The molecule has 0 radical (unpaired) electrons. The van der Waals surface area contributed by atoms with Gasteiger partial charge in [-0.1, -0.05) is 42.5 Å². The Morgan fingerprint density at radius 3 is 2.33 bits per heavy atom. The fourth-order valence-corrected chi connectivity index (χ4v) is 3.93. The second-order valence-corrected chi connectivity index (χ2v) is 9.19. The number of sulfonamides is 1. The molecule has 160 valence electrons. The van der Waals surface area contributed by atoms with Gasteiger partial charge in [0.25, 0.3) is 5.91 Å². The first-order valence-electron chi connectivity index (χ1n) is 9.91. The third kappa shape index (κ3) is 6.14. The summed E-state index contributed by atoms with van der Waals surface area (Å²) in [4.78, 5) is 24.4. The summed E-state index contributed by atoms with van der Waals surface area (Å²) < 4.78 is 30.8. The quantitative estimate of drug-likeness (QED) is 0.564. The lowest BCUT2D eigenvalue weighted by Gasteiger charge is -2.18. The molecular weight excluding hydrogens is 404 g/mol. The summed E-state index contributed by atoms with van der Waals surface area (Å²) in [5.41, 5.74) is 1.87. The molecule has 0 aromatic heterocycles.